The second kappa shape index (κ2) is 5.31. The van der Waals surface area contributed by atoms with E-state index in [1.165, 1.54) is 0 Å². The molecule has 0 amide bonds. The van der Waals surface area contributed by atoms with Gasteiger partial charge in [-0.2, -0.15) is 0 Å². The third-order valence-corrected chi connectivity index (χ3v) is 2.47. The fourth-order valence-corrected chi connectivity index (χ4v) is 1.52. The van der Waals surface area contributed by atoms with Crippen LogP contribution in [0.1, 0.15) is 33.3 Å². The number of hydrogen-bond acceptors (Lipinski definition) is 3. The van der Waals surface area contributed by atoms with E-state index in [0.717, 1.165) is 0 Å². The van der Waals surface area contributed by atoms with Crippen molar-refractivity contribution in [3.05, 3.63) is 32.6 Å². The summed E-state index contributed by atoms with van der Waals surface area (Å²) in [5, 5.41) is 3.30. The van der Waals surface area contributed by atoms with Gasteiger partial charge in [-0.3, -0.25) is 14.3 Å². The first-order chi connectivity index (χ1) is 7.83. The van der Waals surface area contributed by atoms with Gasteiger partial charge in [0.05, 0.1) is 0 Å². The molecule has 0 atom stereocenters. The molecule has 5 heteroatoms. The second-order valence-corrected chi connectivity index (χ2v) is 5.14. The lowest BCUT2D eigenvalue weighted by Crippen LogP contribution is -2.40. The lowest BCUT2D eigenvalue weighted by Gasteiger charge is -2.20. The molecule has 0 unspecified atom stereocenters. The molecule has 0 aliphatic heterocycles. The number of hydrogen-bond donors (Lipinski definition) is 2. The van der Waals surface area contributed by atoms with Gasteiger partial charge < -0.3 is 5.32 Å². The average molecular weight is 239 g/mol. The molecule has 1 aromatic rings. The van der Waals surface area contributed by atoms with Crippen LogP contribution in [0.2, 0.25) is 0 Å². The first-order valence-corrected chi connectivity index (χ1v) is 5.91. The molecule has 0 saturated heterocycles. The molecule has 2 N–H and O–H groups in total. The van der Waals surface area contributed by atoms with Crippen molar-refractivity contribution in [1.82, 2.24) is 14.9 Å². The quantitative estimate of drug-likeness (QED) is 0.803. The predicted octanol–water partition coefficient (Wildman–Crippen LogP) is 0.487. The van der Waals surface area contributed by atoms with Gasteiger partial charge in [-0.1, -0.05) is 6.92 Å². The number of aromatic nitrogens is 2. The summed E-state index contributed by atoms with van der Waals surface area (Å²) in [5.41, 5.74) is 0.0418. The van der Waals surface area contributed by atoms with E-state index in [-0.39, 0.29) is 16.8 Å². The van der Waals surface area contributed by atoms with Crippen LogP contribution in [0, 0.1) is 0 Å². The summed E-state index contributed by atoms with van der Waals surface area (Å²) in [6.07, 6.45) is 2.27. The Morgan fingerprint density at radius 2 is 2.00 bits per heavy atom. The highest BCUT2D eigenvalue weighted by Gasteiger charge is 2.08. The van der Waals surface area contributed by atoms with E-state index in [9.17, 15) is 9.59 Å². The molecule has 1 heterocycles. The van der Waals surface area contributed by atoms with Gasteiger partial charge in [0.1, 0.15) is 0 Å². The van der Waals surface area contributed by atoms with Crippen LogP contribution >= 0.6 is 0 Å². The van der Waals surface area contributed by atoms with Crippen molar-refractivity contribution in [2.24, 2.45) is 0 Å². The van der Waals surface area contributed by atoms with Gasteiger partial charge in [0.25, 0.3) is 5.56 Å². The minimum atomic E-state index is -0.345. The van der Waals surface area contributed by atoms with E-state index in [0.29, 0.717) is 25.1 Å². The van der Waals surface area contributed by atoms with Crippen molar-refractivity contribution in [1.29, 1.82) is 0 Å². The van der Waals surface area contributed by atoms with Crippen molar-refractivity contribution in [3.8, 4) is 0 Å². The van der Waals surface area contributed by atoms with Gasteiger partial charge in [-0.25, -0.2) is 4.79 Å². The lowest BCUT2D eigenvalue weighted by atomic mass is 10.1. The molecule has 0 saturated carbocycles. The minimum Gasteiger partial charge on any atom is -0.310 e. The summed E-state index contributed by atoms with van der Waals surface area (Å²) in [6.45, 7) is 9.35. The van der Waals surface area contributed by atoms with Gasteiger partial charge in [-0.05, 0) is 27.2 Å². The van der Waals surface area contributed by atoms with Crippen molar-refractivity contribution in [3.63, 3.8) is 0 Å². The maximum absolute atomic E-state index is 11.5. The highest BCUT2D eigenvalue weighted by molar-refractivity contribution is 5.03. The molecule has 96 valence electrons. The second-order valence-electron chi connectivity index (χ2n) is 5.14. The predicted molar refractivity (Wildman–Crippen MR) is 68.5 cm³/mol. The van der Waals surface area contributed by atoms with E-state index in [1.807, 2.05) is 6.92 Å². The largest absolute Gasteiger partial charge is 0.328 e. The Labute approximate surface area is 101 Å². The Kier molecular flexibility index (Phi) is 4.28. The number of nitrogens with zero attached hydrogens (tertiary/aromatic N) is 1. The molecule has 0 spiro atoms. The Hall–Kier alpha value is -1.36. The van der Waals surface area contributed by atoms with Crippen LogP contribution in [-0.2, 0) is 13.0 Å². The van der Waals surface area contributed by atoms with Gasteiger partial charge in [0.15, 0.2) is 0 Å². The van der Waals surface area contributed by atoms with E-state index in [1.54, 1.807) is 10.8 Å². The third-order valence-electron chi connectivity index (χ3n) is 2.47. The van der Waals surface area contributed by atoms with Gasteiger partial charge in [0, 0.05) is 30.4 Å². The number of rotatable bonds is 4. The molecule has 0 fully saturated rings. The lowest BCUT2D eigenvalue weighted by molar-refractivity contribution is 0.409. The van der Waals surface area contributed by atoms with Crippen molar-refractivity contribution < 1.29 is 0 Å². The molecular formula is C12H21N3O2. The molecule has 5 nitrogen and oxygen atoms in total. The first kappa shape index (κ1) is 13.7. The van der Waals surface area contributed by atoms with Crippen LogP contribution in [0.25, 0.3) is 0 Å². The fourth-order valence-electron chi connectivity index (χ4n) is 1.52. The number of H-pyrrole nitrogens is 1. The summed E-state index contributed by atoms with van der Waals surface area (Å²) in [5.74, 6) is 0. The zero-order valence-corrected chi connectivity index (χ0v) is 11.0. The SMILES string of the molecule is CCc1cn(CCNC(C)(C)C)c(=O)[nH]c1=O. The van der Waals surface area contributed by atoms with Crippen LogP contribution in [-0.4, -0.2) is 21.6 Å². The van der Waals surface area contributed by atoms with Crippen LogP contribution in [0.5, 0.6) is 0 Å². The monoisotopic (exact) mass is 239 g/mol. The van der Waals surface area contributed by atoms with E-state index in [4.69, 9.17) is 0 Å². The molecule has 1 aromatic heterocycles. The van der Waals surface area contributed by atoms with E-state index >= 15 is 0 Å². The standard InChI is InChI=1S/C12H21N3O2/c1-5-9-8-15(11(17)14-10(9)16)7-6-13-12(2,3)4/h8,13H,5-7H2,1-4H3,(H,14,16,17). The van der Waals surface area contributed by atoms with E-state index in [2.05, 4.69) is 31.1 Å². The average Bonchev–Trinajstić information content (AvgIpc) is 2.19. The zero-order chi connectivity index (χ0) is 13.1. The summed E-state index contributed by atoms with van der Waals surface area (Å²) < 4.78 is 1.54. The molecule has 0 radical (unpaired) electrons. The highest BCUT2D eigenvalue weighted by Crippen LogP contribution is 1.97. The maximum Gasteiger partial charge on any atom is 0.328 e. The van der Waals surface area contributed by atoms with Gasteiger partial charge >= 0.3 is 5.69 Å². The first-order valence-electron chi connectivity index (χ1n) is 5.91. The van der Waals surface area contributed by atoms with Crippen molar-refractivity contribution in [2.75, 3.05) is 6.54 Å². The number of aryl methyl sites for hydroxylation is 1. The highest BCUT2D eigenvalue weighted by atomic mass is 16.2. The molecule has 0 aliphatic rings. The summed E-state index contributed by atoms with van der Waals surface area (Å²) >= 11 is 0. The van der Waals surface area contributed by atoms with Crippen LogP contribution in [0.3, 0.4) is 0 Å². The topological polar surface area (TPSA) is 66.9 Å². The Bertz CT molecular complexity index is 480. The summed E-state index contributed by atoms with van der Waals surface area (Å²) in [4.78, 5) is 25.2. The van der Waals surface area contributed by atoms with Crippen LogP contribution < -0.4 is 16.6 Å². The van der Waals surface area contributed by atoms with Gasteiger partial charge in [-0.15, -0.1) is 0 Å². The normalized spacial score (nSPS) is 11.8. The summed E-state index contributed by atoms with van der Waals surface area (Å²) in [7, 11) is 0. The minimum absolute atomic E-state index is 0.0272. The van der Waals surface area contributed by atoms with Crippen molar-refractivity contribution in [2.45, 2.75) is 46.2 Å². The van der Waals surface area contributed by atoms with Crippen molar-refractivity contribution >= 4 is 0 Å². The molecule has 0 aromatic carbocycles. The third kappa shape index (κ3) is 4.19. The van der Waals surface area contributed by atoms with E-state index < -0.39 is 0 Å². The molecule has 1 rings (SSSR count). The Morgan fingerprint density at radius 3 is 2.53 bits per heavy atom. The number of nitrogens with one attached hydrogen (secondary N) is 2. The van der Waals surface area contributed by atoms with Crippen LogP contribution in [0.15, 0.2) is 15.8 Å². The zero-order valence-electron chi connectivity index (χ0n) is 11.0. The summed E-state index contributed by atoms with van der Waals surface area (Å²) in [6, 6.07) is 0. The molecule has 0 aliphatic carbocycles. The Morgan fingerprint density at radius 1 is 1.35 bits per heavy atom. The Balaban J connectivity index is 2.78. The fraction of sp³-hybridized carbons (Fsp3) is 0.667. The molecular weight excluding hydrogens is 218 g/mol. The van der Waals surface area contributed by atoms with Crippen LogP contribution in [0.4, 0.5) is 0 Å². The maximum atomic E-state index is 11.5. The van der Waals surface area contributed by atoms with Gasteiger partial charge in [0.2, 0.25) is 0 Å². The smallest absolute Gasteiger partial charge is 0.310 e. The number of aromatic amines is 1. The molecule has 17 heavy (non-hydrogen) atoms. The molecule has 0 bridgehead atoms.